The van der Waals surface area contributed by atoms with Crippen molar-refractivity contribution in [2.45, 2.75) is 0 Å². The Morgan fingerprint density at radius 1 is 0.750 bits per heavy atom. The molecule has 0 amide bonds. The van der Waals surface area contributed by atoms with E-state index in [1.165, 1.54) is 0 Å². The molecule has 10 nitrogen and oxygen atoms in total. The van der Waals surface area contributed by atoms with Crippen molar-refractivity contribution in [1.82, 2.24) is 12.3 Å². The molecule has 0 fully saturated rings. The Hall–Kier alpha value is -1.94. The van der Waals surface area contributed by atoms with Gasteiger partial charge in [0.1, 0.15) is 0 Å². The topological polar surface area (TPSA) is 205 Å². The number of hydrogen-bond acceptors (Lipinski definition) is 6. The minimum Gasteiger partial charge on any atom is -0.369 e. The maximum atomic E-state index is 8.25. The molecule has 0 aliphatic rings. The van der Waals surface area contributed by atoms with E-state index < -0.39 is 10.2 Å². The van der Waals surface area contributed by atoms with E-state index in [4.69, 9.17) is 30.6 Å². The van der Waals surface area contributed by atoms with Gasteiger partial charge in [0.2, 0.25) is 0 Å². The predicted molar refractivity (Wildman–Crippen MR) is 43.9 cm³/mol. The highest BCUT2D eigenvalue weighted by Gasteiger charge is 1.46. The number of nitrogens with zero attached hydrogens (tertiary/aromatic N) is 2. The third-order valence-electron chi connectivity index (χ3n) is 0. The lowest BCUT2D eigenvalue weighted by molar-refractivity contribution is -0.403. The van der Waals surface area contributed by atoms with Gasteiger partial charge in [-0.25, -0.2) is 0 Å². The summed E-state index contributed by atoms with van der Waals surface area (Å²) in [5.41, 5.74) is 0. The minimum absolute atomic E-state index is 0. The van der Waals surface area contributed by atoms with Crippen LogP contribution in [0.3, 0.4) is 0 Å². The Kier molecular flexibility index (Phi) is 96.0. The van der Waals surface area contributed by atoms with Gasteiger partial charge in [-0.1, -0.05) is 0 Å². The molecule has 0 radical (unpaired) electrons. The Morgan fingerprint density at radius 2 is 0.750 bits per heavy atom. The van der Waals surface area contributed by atoms with Crippen molar-refractivity contribution in [1.29, 1.82) is 0 Å². The second kappa shape index (κ2) is 35.7. The summed E-state index contributed by atoms with van der Waals surface area (Å²) < 4.78 is 0. The molecule has 0 aromatic carbocycles. The van der Waals surface area contributed by atoms with Crippen LogP contribution in [0.4, 0.5) is 0 Å². The van der Waals surface area contributed by atoms with Crippen molar-refractivity contribution >= 4 is 0 Å². The van der Waals surface area contributed by atoms with E-state index in [0.717, 1.165) is 0 Å². The largest absolute Gasteiger partial charge is 0.369 e. The lowest BCUT2D eigenvalue weighted by atomic mass is 11.3. The van der Waals surface area contributed by atoms with Crippen molar-refractivity contribution < 1.29 is 10.2 Å². The van der Waals surface area contributed by atoms with Gasteiger partial charge < -0.3 is 42.9 Å². The van der Waals surface area contributed by atoms with Crippen LogP contribution in [-0.2, 0) is 0 Å². The molecule has 8 N–H and O–H groups in total. The van der Waals surface area contributed by atoms with E-state index in [-0.39, 0.29) is 12.3 Å². The molecular formula is C2H12N4O6. The van der Waals surface area contributed by atoms with Gasteiger partial charge in [0.25, 0.3) is 0 Å². The van der Waals surface area contributed by atoms with Gasteiger partial charge in [0, 0.05) is 0 Å². The molecule has 0 saturated heterocycles. The zero-order valence-corrected chi connectivity index (χ0v) is 6.76. The molecule has 0 aliphatic heterocycles. The van der Waals surface area contributed by atoms with Crippen molar-refractivity contribution in [2.24, 2.45) is 0 Å². The third-order valence-corrected chi connectivity index (χ3v) is 0. The van der Waals surface area contributed by atoms with Crippen LogP contribution in [0.15, 0.2) is 13.2 Å². The molecule has 0 heterocycles. The molecule has 76 valence electrons. The van der Waals surface area contributed by atoms with Crippen LogP contribution in [-0.4, -0.2) is 10.2 Å². The summed E-state index contributed by atoms with van der Waals surface area (Å²) in [6.45, 7) is 6.00. The molecule has 0 aliphatic carbocycles. The molecule has 0 aromatic rings. The fourth-order valence-corrected chi connectivity index (χ4v) is 0. The van der Waals surface area contributed by atoms with E-state index in [0.29, 0.717) is 0 Å². The summed E-state index contributed by atoms with van der Waals surface area (Å²) in [7, 11) is 0. The first-order chi connectivity index (χ1) is 4.46. The first-order valence-corrected chi connectivity index (χ1v) is 1.60. The van der Waals surface area contributed by atoms with Crippen molar-refractivity contribution in [3.63, 3.8) is 0 Å². The van der Waals surface area contributed by atoms with E-state index in [1.807, 2.05) is 0 Å². The summed E-state index contributed by atoms with van der Waals surface area (Å²) >= 11 is 0. The second-order valence-electron chi connectivity index (χ2n) is 0.447. The van der Waals surface area contributed by atoms with E-state index in [9.17, 15) is 0 Å². The van der Waals surface area contributed by atoms with Gasteiger partial charge in [-0.3, -0.25) is 0 Å². The third kappa shape index (κ3) is 107. The summed E-state index contributed by atoms with van der Waals surface area (Å²) in [4.78, 5) is 16.5. The molecular weight excluding hydrogens is 176 g/mol. The first kappa shape index (κ1) is 32.3. The zero-order chi connectivity index (χ0) is 9.15. The average Bonchev–Trinajstić information content (AvgIpc) is 1.66. The van der Waals surface area contributed by atoms with Gasteiger partial charge in [-0.15, -0.1) is 13.2 Å². The van der Waals surface area contributed by atoms with Crippen molar-refractivity contribution in [3.05, 3.63) is 43.8 Å². The highest BCUT2D eigenvalue weighted by Crippen LogP contribution is 1.44. The van der Waals surface area contributed by atoms with Crippen LogP contribution in [0.2, 0.25) is 0 Å². The molecule has 0 unspecified atom stereocenters. The highest BCUT2D eigenvalue weighted by molar-refractivity contribution is 4.22. The van der Waals surface area contributed by atoms with Crippen molar-refractivity contribution in [3.8, 4) is 0 Å². The smallest absolute Gasteiger partial charge is 0.0689 e. The summed E-state index contributed by atoms with van der Waals surface area (Å²) in [5.74, 6) is 0. The Bertz CT molecular complexity index is 85.7. The van der Waals surface area contributed by atoms with Crippen LogP contribution in [0.5, 0.6) is 0 Å². The van der Waals surface area contributed by atoms with Crippen LogP contribution < -0.4 is 12.3 Å². The Morgan fingerprint density at radius 3 is 0.750 bits per heavy atom. The standard InChI is InChI=1S/C2H4.2NO3.2H3N/c1-2;2*2-1(3)4;;/h1-2H2;;;2*1H3/q;2*-1;;/p+2. The average molecular weight is 188 g/mol. The lowest BCUT2D eigenvalue weighted by Crippen LogP contribution is -1.74. The van der Waals surface area contributed by atoms with Gasteiger partial charge >= 0.3 is 0 Å². The summed E-state index contributed by atoms with van der Waals surface area (Å²) in [6.07, 6.45) is 0. The minimum atomic E-state index is -1.75. The number of quaternary nitrogens is 2. The van der Waals surface area contributed by atoms with Crippen LogP contribution >= 0.6 is 0 Å². The van der Waals surface area contributed by atoms with Crippen molar-refractivity contribution in [2.75, 3.05) is 0 Å². The van der Waals surface area contributed by atoms with E-state index in [1.54, 1.807) is 0 Å². The molecule has 0 rings (SSSR count). The molecule has 0 atom stereocenters. The highest BCUT2D eigenvalue weighted by atomic mass is 16.9. The Balaban J connectivity index is -0.0000000198. The summed E-state index contributed by atoms with van der Waals surface area (Å²) in [5, 5.41) is 29.5. The monoisotopic (exact) mass is 188 g/mol. The van der Waals surface area contributed by atoms with Gasteiger partial charge in [-0.2, -0.15) is 0 Å². The predicted octanol–water partition coefficient (Wildman–Crippen LogP) is 1.08. The molecule has 10 heteroatoms. The molecule has 12 heavy (non-hydrogen) atoms. The Labute approximate surface area is 67.5 Å². The summed E-state index contributed by atoms with van der Waals surface area (Å²) in [6, 6.07) is 0. The first-order valence-electron chi connectivity index (χ1n) is 1.60. The van der Waals surface area contributed by atoms with E-state index in [2.05, 4.69) is 13.2 Å². The van der Waals surface area contributed by atoms with Crippen LogP contribution in [0, 0.1) is 30.6 Å². The normalized spacial score (nSPS) is 4.33. The molecule has 0 saturated carbocycles. The maximum absolute atomic E-state index is 8.25. The van der Waals surface area contributed by atoms with Gasteiger partial charge in [-0.05, 0) is 0 Å². The van der Waals surface area contributed by atoms with Crippen LogP contribution in [0.1, 0.15) is 0 Å². The quantitative estimate of drug-likeness (QED) is 0.322. The van der Waals surface area contributed by atoms with E-state index >= 15 is 0 Å². The lowest BCUT2D eigenvalue weighted by Gasteiger charge is -1.74. The number of rotatable bonds is 0. The van der Waals surface area contributed by atoms with Crippen LogP contribution in [0.25, 0.3) is 0 Å². The fraction of sp³-hybridized carbons (Fsp3) is 0. The maximum Gasteiger partial charge on any atom is 0.0689 e. The van der Waals surface area contributed by atoms with Gasteiger partial charge in [0.15, 0.2) is 0 Å². The molecule has 0 spiro atoms. The zero-order valence-electron chi connectivity index (χ0n) is 6.76. The molecule has 0 bridgehead atoms. The fourth-order valence-electron chi connectivity index (χ4n) is 0. The number of hydrogen-bond donors (Lipinski definition) is 2. The van der Waals surface area contributed by atoms with Gasteiger partial charge in [0.05, 0.1) is 10.2 Å². The molecule has 0 aromatic heterocycles. The SMILES string of the molecule is C=C.O=[N+]([O-])[O-].O=[N+]([O-])[O-].[NH4+].[NH4+]. The second-order valence-corrected chi connectivity index (χ2v) is 0.447.